The van der Waals surface area contributed by atoms with E-state index in [4.69, 9.17) is 4.74 Å². The molecular formula is C10H17NO3. The quantitative estimate of drug-likeness (QED) is 0.531. The van der Waals surface area contributed by atoms with Gasteiger partial charge in [0.25, 0.3) is 0 Å². The molecule has 4 heteroatoms. The molecule has 4 nitrogen and oxygen atoms in total. The molecule has 0 aromatic rings. The van der Waals surface area contributed by atoms with Crippen LogP contribution in [0.1, 0.15) is 39.0 Å². The van der Waals surface area contributed by atoms with Crippen LogP contribution in [0.5, 0.6) is 0 Å². The average molecular weight is 199 g/mol. The van der Waals surface area contributed by atoms with Crippen molar-refractivity contribution in [2.24, 2.45) is 0 Å². The van der Waals surface area contributed by atoms with Crippen LogP contribution in [0.3, 0.4) is 0 Å². The zero-order valence-electron chi connectivity index (χ0n) is 8.54. The fourth-order valence-corrected chi connectivity index (χ4v) is 1.42. The molecule has 1 rings (SSSR count). The van der Waals surface area contributed by atoms with Crippen molar-refractivity contribution in [1.29, 1.82) is 0 Å². The Labute approximate surface area is 84.0 Å². The Hall–Kier alpha value is -1.06. The van der Waals surface area contributed by atoms with Crippen LogP contribution in [-0.2, 0) is 14.3 Å². The van der Waals surface area contributed by atoms with E-state index in [1.54, 1.807) is 0 Å². The molecule has 1 aliphatic heterocycles. The molecule has 1 fully saturated rings. The first-order valence-corrected chi connectivity index (χ1v) is 5.20. The van der Waals surface area contributed by atoms with Crippen molar-refractivity contribution in [3.8, 4) is 0 Å². The van der Waals surface area contributed by atoms with E-state index in [0.717, 1.165) is 19.3 Å². The van der Waals surface area contributed by atoms with Gasteiger partial charge in [0.2, 0.25) is 5.91 Å². The number of unbranched alkanes of at least 4 members (excludes halogenated alkanes) is 2. The van der Waals surface area contributed by atoms with Crippen LogP contribution in [0.25, 0.3) is 0 Å². The molecule has 0 aliphatic carbocycles. The monoisotopic (exact) mass is 199 g/mol. The predicted molar refractivity (Wildman–Crippen MR) is 51.6 cm³/mol. The number of amides is 1. The summed E-state index contributed by atoms with van der Waals surface area (Å²) in [5, 5.41) is 2.58. The summed E-state index contributed by atoms with van der Waals surface area (Å²) in [4.78, 5) is 22.1. The van der Waals surface area contributed by atoms with Gasteiger partial charge in [0, 0.05) is 6.42 Å². The molecule has 0 spiro atoms. The molecular weight excluding hydrogens is 182 g/mol. The lowest BCUT2D eigenvalue weighted by molar-refractivity contribution is -0.146. The van der Waals surface area contributed by atoms with Crippen LogP contribution in [0, 0.1) is 0 Å². The van der Waals surface area contributed by atoms with E-state index >= 15 is 0 Å². The highest BCUT2D eigenvalue weighted by atomic mass is 16.5. The summed E-state index contributed by atoms with van der Waals surface area (Å²) in [6, 6.07) is -0.399. The second kappa shape index (κ2) is 5.62. The third kappa shape index (κ3) is 3.36. The fourth-order valence-electron chi connectivity index (χ4n) is 1.42. The summed E-state index contributed by atoms with van der Waals surface area (Å²) in [6.45, 7) is 2.57. The molecule has 0 bridgehead atoms. The Bertz CT molecular complexity index is 215. The molecule has 1 N–H and O–H groups in total. The van der Waals surface area contributed by atoms with Gasteiger partial charge in [-0.2, -0.15) is 0 Å². The number of carbonyl (C=O) groups excluding carboxylic acids is 2. The Morgan fingerprint density at radius 3 is 2.93 bits per heavy atom. The predicted octanol–water partition coefficient (Wildman–Crippen LogP) is 0.998. The van der Waals surface area contributed by atoms with Crippen LogP contribution in [0.15, 0.2) is 0 Å². The van der Waals surface area contributed by atoms with E-state index in [-0.39, 0.29) is 11.9 Å². The third-order valence-corrected chi connectivity index (χ3v) is 2.27. The number of rotatable bonds is 5. The van der Waals surface area contributed by atoms with Gasteiger partial charge in [0.05, 0.1) is 6.61 Å². The van der Waals surface area contributed by atoms with E-state index in [9.17, 15) is 9.59 Å². The van der Waals surface area contributed by atoms with Crippen LogP contribution in [-0.4, -0.2) is 24.5 Å². The van der Waals surface area contributed by atoms with Crippen LogP contribution in [0.4, 0.5) is 0 Å². The Kier molecular flexibility index (Phi) is 4.43. The summed E-state index contributed by atoms with van der Waals surface area (Å²) < 4.78 is 5.02. The summed E-state index contributed by atoms with van der Waals surface area (Å²) in [7, 11) is 0. The highest BCUT2D eigenvalue weighted by Gasteiger charge is 2.28. The van der Waals surface area contributed by atoms with Gasteiger partial charge in [-0.05, 0) is 12.8 Å². The minimum atomic E-state index is -0.399. The molecule has 1 atom stereocenters. The van der Waals surface area contributed by atoms with Gasteiger partial charge >= 0.3 is 5.97 Å². The molecule has 0 saturated carbocycles. The molecule has 1 saturated heterocycles. The van der Waals surface area contributed by atoms with E-state index in [1.165, 1.54) is 0 Å². The fraction of sp³-hybridized carbons (Fsp3) is 0.800. The highest BCUT2D eigenvalue weighted by Crippen LogP contribution is 2.08. The topological polar surface area (TPSA) is 55.4 Å². The maximum absolute atomic E-state index is 11.3. The SMILES string of the molecule is CCCCCOC(=O)C1CCC(=O)N1. The number of hydrogen-bond acceptors (Lipinski definition) is 3. The van der Waals surface area contributed by atoms with Crippen molar-refractivity contribution in [1.82, 2.24) is 5.32 Å². The largest absolute Gasteiger partial charge is 0.464 e. The summed E-state index contributed by atoms with van der Waals surface area (Å²) in [5.74, 6) is -0.340. The minimum Gasteiger partial charge on any atom is -0.464 e. The van der Waals surface area contributed by atoms with Gasteiger partial charge in [-0.1, -0.05) is 19.8 Å². The van der Waals surface area contributed by atoms with Crippen LogP contribution in [0.2, 0.25) is 0 Å². The molecule has 0 aromatic carbocycles. The first-order chi connectivity index (χ1) is 6.74. The van der Waals surface area contributed by atoms with E-state index in [1.807, 2.05) is 0 Å². The van der Waals surface area contributed by atoms with Gasteiger partial charge in [-0.3, -0.25) is 4.79 Å². The molecule has 1 unspecified atom stereocenters. The standard InChI is InChI=1S/C10H17NO3/c1-2-3-4-7-14-10(13)8-5-6-9(12)11-8/h8H,2-7H2,1H3,(H,11,12). The summed E-state index contributed by atoms with van der Waals surface area (Å²) >= 11 is 0. The van der Waals surface area contributed by atoms with Gasteiger partial charge in [-0.25, -0.2) is 4.79 Å². The molecule has 1 amide bonds. The number of hydrogen-bond donors (Lipinski definition) is 1. The van der Waals surface area contributed by atoms with Gasteiger partial charge in [0.1, 0.15) is 6.04 Å². The van der Waals surface area contributed by atoms with Gasteiger partial charge in [0.15, 0.2) is 0 Å². The molecule has 80 valence electrons. The normalized spacial score (nSPS) is 20.6. The summed E-state index contributed by atoms with van der Waals surface area (Å²) in [5.41, 5.74) is 0. The van der Waals surface area contributed by atoms with E-state index < -0.39 is 6.04 Å². The maximum atomic E-state index is 11.3. The Morgan fingerprint density at radius 2 is 2.36 bits per heavy atom. The second-order valence-electron chi connectivity index (χ2n) is 3.53. The smallest absolute Gasteiger partial charge is 0.328 e. The highest BCUT2D eigenvalue weighted by molar-refractivity contribution is 5.87. The Morgan fingerprint density at radius 1 is 1.57 bits per heavy atom. The van der Waals surface area contributed by atoms with Crippen LogP contribution >= 0.6 is 0 Å². The second-order valence-corrected chi connectivity index (χ2v) is 3.53. The number of nitrogens with one attached hydrogen (secondary N) is 1. The maximum Gasteiger partial charge on any atom is 0.328 e. The van der Waals surface area contributed by atoms with E-state index in [2.05, 4.69) is 12.2 Å². The molecule has 1 aliphatic rings. The molecule has 0 aromatic heterocycles. The number of carbonyl (C=O) groups is 2. The zero-order valence-corrected chi connectivity index (χ0v) is 8.54. The first kappa shape index (κ1) is 11.0. The average Bonchev–Trinajstić information content (AvgIpc) is 2.59. The van der Waals surface area contributed by atoms with Crippen molar-refractivity contribution in [3.05, 3.63) is 0 Å². The lowest BCUT2D eigenvalue weighted by Gasteiger charge is -2.09. The zero-order chi connectivity index (χ0) is 10.4. The lowest BCUT2D eigenvalue weighted by Crippen LogP contribution is -2.34. The van der Waals surface area contributed by atoms with E-state index in [0.29, 0.717) is 19.4 Å². The Balaban J connectivity index is 2.12. The van der Waals surface area contributed by atoms with Crippen molar-refractivity contribution in [3.63, 3.8) is 0 Å². The third-order valence-electron chi connectivity index (χ3n) is 2.27. The van der Waals surface area contributed by atoms with Crippen molar-refractivity contribution in [2.45, 2.75) is 45.1 Å². The number of esters is 1. The lowest BCUT2D eigenvalue weighted by atomic mass is 10.2. The van der Waals surface area contributed by atoms with Crippen LogP contribution < -0.4 is 5.32 Å². The summed E-state index contributed by atoms with van der Waals surface area (Å²) in [6.07, 6.45) is 4.10. The molecule has 0 radical (unpaired) electrons. The van der Waals surface area contributed by atoms with Gasteiger partial charge < -0.3 is 10.1 Å². The van der Waals surface area contributed by atoms with Gasteiger partial charge in [-0.15, -0.1) is 0 Å². The molecule has 1 heterocycles. The van der Waals surface area contributed by atoms with Crippen molar-refractivity contribution in [2.75, 3.05) is 6.61 Å². The molecule has 14 heavy (non-hydrogen) atoms. The minimum absolute atomic E-state index is 0.0551. The number of ether oxygens (including phenoxy) is 1. The van der Waals surface area contributed by atoms with Crippen molar-refractivity contribution < 1.29 is 14.3 Å². The van der Waals surface area contributed by atoms with Crippen molar-refractivity contribution >= 4 is 11.9 Å². The first-order valence-electron chi connectivity index (χ1n) is 5.20.